The Hall–Kier alpha value is -18.7. The Morgan fingerprint density at radius 1 is 0.139 bits per heavy atom. The highest BCUT2D eigenvalue weighted by Gasteiger charge is 2.25. The van der Waals surface area contributed by atoms with Gasteiger partial charge in [-0.25, -0.2) is 0 Å². The Bertz CT molecular complexity index is 8960. The van der Waals surface area contributed by atoms with E-state index in [4.69, 9.17) is 8.83 Å². The van der Waals surface area contributed by atoms with Crippen LogP contribution in [0.5, 0.6) is 0 Å². The van der Waals surface area contributed by atoms with E-state index in [9.17, 15) is 0 Å². The highest BCUT2D eigenvalue weighted by Crippen LogP contribution is 2.49. The van der Waals surface area contributed by atoms with Crippen molar-refractivity contribution < 1.29 is 8.83 Å². The van der Waals surface area contributed by atoms with Crippen LogP contribution in [0, 0.1) is 0 Å². The average Bonchev–Trinajstić information content (AvgIpc) is 1.61. The Morgan fingerprint density at radius 2 is 0.382 bits per heavy atom. The molecule has 0 atom stereocenters. The monoisotopic (exact) mass is 1860 g/mol. The van der Waals surface area contributed by atoms with Gasteiger partial charge in [-0.1, -0.05) is 400 Å². The minimum Gasteiger partial charge on any atom is -0.456 e. The lowest BCUT2D eigenvalue weighted by Crippen LogP contribution is -2.10. The summed E-state index contributed by atoms with van der Waals surface area (Å²) >= 11 is 1.86. The maximum absolute atomic E-state index is 6.56. The third-order valence-corrected chi connectivity index (χ3v) is 28.9. The summed E-state index contributed by atoms with van der Waals surface area (Å²) < 4.78 is 15.5. The lowest BCUT2D eigenvalue weighted by atomic mass is 9.91. The highest BCUT2D eigenvalue weighted by molar-refractivity contribution is 7.25. The number of hydrogen-bond acceptors (Lipinski definition) is 6. The van der Waals surface area contributed by atoms with Gasteiger partial charge >= 0.3 is 0 Å². The summed E-state index contributed by atoms with van der Waals surface area (Å²) in [5, 5.41) is 14.5. The first kappa shape index (κ1) is 86.8. The third kappa shape index (κ3) is 17.2. The number of thiophene rings is 1. The topological polar surface area (TPSA) is 36.0 Å². The molecule has 0 amide bonds. The first-order valence-corrected chi connectivity index (χ1v) is 49.8. The van der Waals surface area contributed by atoms with Crippen LogP contribution in [0.15, 0.2) is 573 Å². The zero-order chi connectivity index (χ0) is 95.6. The minimum absolute atomic E-state index is 0.871. The molecule has 0 saturated carbocycles. The van der Waals surface area contributed by atoms with Crippen molar-refractivity contribution in [3.05, 3.63) is 564 Å². The Balaban J connectivity index is 0.000000113. The van der Waals surface area contributed by atoms with E-state index in [0.717, 1.165) is 95.1 Å². The Kier molecular flexibility index (Phi) is 23.3. The van der Waals surface area contributed by atoms with Crippen molar-refractivity contribution in [2.45, 2.75) is 0 Å². The predicted octanol–water partition coefficient (Wildman–Crippen LogP) is 40.1. The van der Waals surface area contributed by atoms with Crippen LogP contribution >= 0.6 is 11.3 Å². The quantitative estimate of drug-likeness (QED) is 0.0856. The van der Waals surface area contributed by atoms with Gasteiger partial charge in [-0.3, -0.25) is 0 Å². The summed E-state index contributed by atoms with van der Waals surface area (Å²) in [6.07, 6.45) is 0. The molecule has 0 unspecified atom stereocenters. The van der Waals surface area contributed by atoms with Gasteiger partial charge in [0.15, 0.2) is 5.58 Å². The van der Waals surface area contributed by atoms with Crippen molar-refractivity contribution in [2.24, 2.45) is 0 Å². The van der Waals surface area contributed by atoms with E-state index in [-0.39, 0.29) is 0 Å². The number of benzene rings is 24. The molecule has 3 heterocycles. The van der Waals surface area contributed by atoms with Crippen LogP contribution in [-0.4, -0.2) is 0 Å². The van der Waals surface area contributed by atoms with E-state index in [1.807, 2.05) is 35.6 Å². The summed E-state index contributed by atoms with van der Waals surface area (Å²) in [4.78, 5) is 6.99. The van der Waals surface area contributed by atoms with Gasteiger partial charge in [0.2, 0.25) is 0 Å². The summed E-state index contributed by atoms with van der Waals surface area (Å²) in [5.41, 5.74) is 35.0. The number of furan rings is 2. The summed E-state index contributed by atoms with van der Waals surface area (Å²) in [7, 11) is 0. The minimum atomic E-state index is 0.871. The van der Waals surface area contributed by atoms with Crippen LogP contribution in [0.4, 0.5) is 51.2 Å². The molecule has 6 heteroatoms. The molecule has 27 rings (SSSR count). The number of fused-ring (bicyclic) bond motifs is 12. The number of rotatable bonds is 18. The van der Waals surface area contributed by atoms with Gasteiger partial charge < -0.3 is 23.5 Å². The smallest absolute Gasteiger partial charge is 0.159 e. The molecule has 0 aliphatic carbocycles. The number of nitrogens with zero attached hydrogens (tertiary/aromatic N) is 3. The summed E-state index contributed by atoms with van der Waals surface area (Å²) in [6, 6.07) is 202. The van der Waals surface area contributed by atoms with Crippen LogP contribution in [0.2, 0.25) is 0 Å². The molecule has 144 heavy (non-hydrogen) atoms. The zero-order valence-corrected chi connectivity index (χ0v) is 79.6. The van der Waals surface area contributed by atoms with Gasteiger partial charge in [-0.15, -0.1) is 11.3 Å². The normalized spacial score (nSPS) is 11.3. The molecule has 0 fully saturated rings. The molecule has 0 saturated heterocycles. The zero-order valence-electron chi connectivity index (χ0n) is 78.8. The van der Waals surface area contributed by atoms with E-state index in [0.29, 0.717) is 0 Å². The van der Waals surface area contributed by atoms with Crippen LogP contribution < -0.4 is 14.7 Å². The van der Waals surface area contributed by atoms with Crippen molar-refractivity contribution >= 4 is 159 Å². The van der Waals surface area contributed by atoms with Crippen molar-refractivity contribution in [2.75, 3.05) is 14.7 Å². The molecule has 0 spiro atoms. The van der Waals surface area contributed by atoms with Gasteiger partial charge in [0.1, 0.15) is 16.7 Å². The Morgan fingerprint density at radius 3 is 0.750 bits per heavy atom. The number of anilines is 9. The second kappa shape index (κ2) is 38.6. The van der Waals surface area contributed by atoms with Crippen molar-refractivity contribution in [1.82, 2.24) is 0 Å². The second-order valence-electron chi connectivity index (χ2n) is 36.5. The first-order chi connectivity index (χ1) is 71.4. The van der Waals surface area contributed by atoms with Crippen LogP contribution in [-0.2, 0) is 0 Å². The van der Waals surface area contributed by atoms with Crippen molar-refractivity contribution in [3.63, 3.8) is 0 Å². The maximum atomic E-state index is 6.56. The maximum Gasteiger partial charge on any atom is 0.159 e. The predicted molar refractivity (Wildman–Crippen MR) is 612 cm³/mol. The van der Waals surface area contributed by atoms with Gasteiger partial charge in [0, 0.05) is 93.3 Å². The summed E-state index contributed by atoms with van der Waals surface area (Å²) in [6.45, 7) is 0. The fourth-order valence-electron chi connectivity index (χ4n) is 20.6. The Labute approximate surface area is 840 Å². The van der Waals surface area contributed by atoms with E-state index < -0.39 is 0 Å². The molecule has 5 nitrogen and oxygen atoms in total. The fourth-order valence-corrected chi connectivity index (χ4v) is 21.8. The van der Waals surface area contributed by atoms with Gasteiger partial charge in [-0.2, -0.15) is 0 Å². The molecule has 0 radical (unpaired) electrons. The SMILES string of the molecule is c1ccc(-c2ccc(N(c3ccc(-c4cc5ccccc5cc4-c4ccccc4)cc3)c3ccc4c(c3)oc3ccccc34)cc2)cc1.c1ccc(-c2ccc(N(c3ccc(-c4cc5ccccc5cc4-c4ccccc4)cc3)c3ccc4c(c3)sc3ccccc34)cc2)cc1.c1ccc(-c2ccc(N(c3ccc(-c4cc5ccccc5cc4-c4ccccc4)cc3)c3cccc4c3oc3ccccc34)cc2)cc1. The molecular formula is C138H93N3O2S. The van der Waals surface area contributed by atoms with Gasteiger partial charge in [0.25, 0.3) is 0 Å². The lowest BCUT2D eigenvalue weighted by Gasteiger charge is -2.26. The van der Waals surface area contributed by atoms with E-state index in [2.05, 4.69) is 555 Å². The molecule has 24 aromatic carbocycles. The second-order valence-corrected chi connectivity index (χ2v) is 37.6. The molecule has 27 aromatic rings. The molecule has 0 bridgehead atoms. The standard InChI is InChI=1S/2C46H31NO.C46H31NS/c1-3-12-32(13-4-1)33-22-26-38(27-23-33)47(44-20-11-19-41-40-18-9-10-21-45(40)48-46(41)44)39-28-24-35(25-29-39)43-31-37-17-8-7-16-36(37)30-42(43)34-14-5-2-6-15-34;2*1-3-11-32(12-4-1)33-19-23-38(24-20-33)47(40-27-28-42-41-17-9-10-18-45(41)48-46(42)31-40)39-25-21-35(22-26-39)44-30-37-16-8-7-15-36(37)29-43(44)34-13-5-2-6-14-34/h3*1-31H. The van der Waals surface area contributed by atoms with Crippen LogP contribution in [0.3, 0.4) is 0 Å². The number of para-hydroxylation sites is 3. The summed E-state index contributed by atoms with van der Waals surface area (Å²) in [5.74, 6) is 0. The molecule has 3 aromatic heterocycles. The van der Waals surface area contributed by atoms with Gasteiger partial charge in [0.05, 0.1) is 5.69 Å². The number of hydrogen-bond donors (Lipinski definition) is 0. The van der Waals surface area contributed by atoms with E-state index in [1.165, 1.54) is 153 Å². The van der Waals surface area contributed by atoms with Crippen LogP contribution in [0.25, 0.3) is 197 Å². The lowest BCUT2D eigenvalue weighted by molar-refractivity contribution is 0.668. The highest BCUT2D eigenvalue weighted by atomic mass is 32.1. The molecule has 0 N–H and O–H groups in total. The fraction of sp³-hybridized carbons (Fsp3) is 0. The first-order valence-electron chi connectivity index (χ1n) is 49.0. The third-order valence-electron chi connectivity index (χ3n) is 27.8. The van der Waals surface area contributed by atoms with Crippen LogP contribution in [0.1, 0.15) is 0 Å². The van der Waals surface area contributed by atoms with E-state index >= 15 is 0 Å². The molecule has 0 aliphatic heterocycles. The largest absolute Gasteiger partial charge is 0.456 e. The molecular weight excluding hydrogens is 1760 g/mol. The van der Waals surface area contributed by atoms with E-state index in [1.54, 1.807) is 0 Å². The van der Waals surface area contributed by atoms with Crippen molar-refractivity contribution in [1.29, 1.82) is 0 Å². The molecule has 678 valence electrons. The average molecular weight is 1860 g/mol. The molecule has 0 aliphatic rings. The van der Waals surface area contributed by atoms with Crippen molar-refractivity contribution in [3.8, 4) is 100 Å². The van der Waals surface area contributed by atoms with Gasteiger partial charge in [-0.05, 0) is 290 Å².